The zero-order valence-corrected chi connectivity index (χ0v) is 13.1. The van der Waals surface area contributed by atoms with Gasteiger partial charge in [0, 0.05) is 24.8 Å². The van der Waals surface area contributed by atoms with Crippen molar-refractivity contribution in [3.05, 3.63) is 17.7 Å². The normalized spacial score (nSPS) is 20.2. The van der Waals surface area contributed by atoms with Crippen LogP contribution in [0.15, 0.2) is 6.33 Å². The smallest absolute Gasteiger partial charge is 0.242 e. The van der Waals surface area contributed by atoms with Crippen LogP contribution in [0.2, 0.25) is 0 Å². The molecule has 1 aromatic rings. The van der Waals surface area contributed by atoms with Gasteiger partial charge in [-0.25, -0.2) is 4.98 Å². The monoisotopic (exact) mass is 278 g/mol. The van der Waals surface area contributed by atoms with Gasteiger partial charge in [-0.1, -0.05) is 0 Å². The molecule has 1 aromatic heterocycles. The lowest BCUT2D eigenvalue weighted by Crippen LogP contribution is -2.36. The van der Waals surface area contributed by atoms with Gasteiger partial charge in [0.2, 0.25) is 5.91 Å². The second kappa shape index (κ2) is 6.39. The number of aryl methyl sites for hydroxylation is 1. The molecule has 1 amide bonds. The Morgan fingerprint density at radius 2 is 2.10 bits per heavy atom. The molecule has 112 valence electrons. The van der Waals surface area contributed by atoms with Gasteiger partial charge in [-0.05, 0) is 47.2 Å². The maximum Gasteiger partial charge on any atom is 0.242 e. The first-order valence-corrected chi connectivity index (χ1v) is 7.41. The zero-order valence-electron chi connectivity index (χ0n) is 13.1. The summed E-state index contributed by atoms with van der Waals surface area (Å²) in [7, 11) is 4.25. The van der Waals surface area contributed by atoms with E-state index < -0.39 is 0 Å². The average Bonchev–Trinajstić information content (AvgIpc) is 2.64. The number of likely N-dealkylation sites (tertiary alicyclic amines) is 1. The molecule has 5 heteroatoms. The molecule has 0 aliphatic carbocycles. The summed E-state index contributed by atoms with van der Waals surface area (Å²) in [6, 6.07) is 0.602. The fourth-order valence-electron chi connectivity index (χ4n) is 2.79. The van der Waals surface area contributed by atoms with Gasteiger partial charge >= 0.3 is 0 Å². The summed E-state index contributed by atoms with van der Waals surface area (Å²) < 4.78 is 1.95. The number of rotatable bonds is 3. The van der Waals surface area contributed by atoms with E-state index in [1.165, 1.54) is 6.42 Å². The molecule has 1 fully saturated rings. The van der Waals surface area contributed by atoms with E-state index in [1.807, 2.05) is 23.3 Å². The molecule has 0 saturated carbocycles. The Bertz CT molecular complexity index is 466. The fraction of sp³-hybridized carbons (Fsp3) is 0.733. The highest BCUT2D eigenvalue weighted by molar-refractivity contribution is 5.76. The molecule has 5 nitrogen and oxygen atoms in total. The van der Waals surface area contributed by atoms with Crippen molar-refractivity contribution >= 4 is 5.91 Å². The fourth-order valence-corrected chi connectivity index (χ4v) is 2.79. The van der Waals surface area contributed by atoms with E-state index in [4.69, 9.17) is 0 Å². The van der Waals surface area contributed by atoms with Crippen molar-refractivity contribution < 1.29 is 4.79 Å². The highest BCUT2D eigenvalue weighted by Crippen LogP contribution is 2.15. The molecular formula is C15H26N4O. The lowest BCUT2D eigenvalue weighted by Gasteiger charge is -2.23. The van der Waals surface area contributed by atoms with Crippen LogP contribution in [0.3, 0.4) is 0 Å². The topological polar surface area (TPSA) is 41.4 Å². The molecule has 2 rings (SSSR count). The Morgan fingerprint density at radius 3 is 2.70 bits per heavy atom. The number of carbonyl (C=O) groups excluding carboxylic acids is 1. The number of aromatic nitrogens is 2. The van der Waals surface area contributed by atoms with Gasteiger partial charge in [-0.15, -0.1) is 0 Å². The minimum atomic E-state index is 0.213. The van der Waals surface area contributed by atoms with Crippen molar-refractivity contribution in [1.82, 2.24) is 19.4 Å². The van der Waals surface area contributed by atoms with Gasteiger partial charge in [-0.2, -0.15) is 0 Å². The van der Waals surface area contributed by atoms with Crippen molar-refractivity contribution in [3.63, 3.8) is 0 Å². The standard InChI is InChI=1S/C15H26N4O/c1-12-13(2)19(11-16-12)10-15(20)18-8-5-6-14(7-9-18)17(3)4/h11,14H,5-10H2,1-4H3/t14-/m1/s1. The zero-order chi connectivity index (χ0) is 14.7. The molecule has 0 spiro atoms. The molecular weight excluding hydrogens is 252 g/mol. The highest BCUT2D eigenvalue weighted by Gasteiger charge is 2.22. The summed E-state index contributed by atoms with van der Waals surface area (Å²) in [5.41, 5.74) is 2.08. The maximum absolute atomic E-state index is 12.4. The van der Waals surface area contributed by atoms with Crippen molar-refractivity contribution in [2.45, 2.75) is 45.7 Å². The van der Waals surface area contributed by atoms with E-state index in [2.05, 4.69) is 24.0 Å². The third-order valence-electron chi connectivity index (χ3n) is 4.43. The number of imidazole rings is 1. The van der Waals surface area contributed by atoms with Gasteiger partial charge < -0.3 is 14.4 Å². The summed E-state index contributed by atoms with van der Waals surface area (Å²) in [5.74, 6) is 0.213. The van der Waals surface area contributed by atoms with E-state index in [0.29, 0.717) is 12.6 Å². The van der Waals surface area contributed by atoms with Crippen molar-refractivity contribution in [3.8, 4) is 0 Å². The van der Waals surface area contributed by atoms with Crippen LogP contribution in [0.25, 0.3) is 0 Å². The summed E-state index contributed by atoms with van der Waals surface area (Å²) in [6.07, 6.45) is 5.11. The molecule has 0 unspecified atom stereocenters. The molecule has 20 heavy (non-hydrogen) atoms. The van der Waals surface area contributed by atoms with Gasteiger partial charge in [0.1, 0.15) is 6.54 Å². The summed E-state index contributed by atoms with van der Waals surface area (Å²) in [5, 5.41) is 0. The lowest BCUT2D eigenvalue weighted by molar-refractivity contribution is -0.131. The first-order valence-electron chi connectivity index (χ1n) is 7.41. The van der Waals surface area contributed by atoms with Gasteiger partial charge in [0.15, 0.2) is 0 Å². The Balaban J connectivity index is 1.94. The van der Waals surface area contributed by atoms with Gasteiger partial charge in [0.05, 0.1) is 12.0 Å². The van der Waals surface area contributed by atoms with E-state index in [0.717, 1.165) is 37.3 Å². The van der Waals surface area contributed by atoms with Crippen LogP contribution in [0.1, 0.15) is 30.7 Å². The van der Waals surface area contributed by atoms with Crippen LogP contribution < -0.4 is 0 Å². The molecule has 0 aromatic carbocycles. The van der Waals surface area contributed by atoms with Crippen LogP contribution in [0, 0.1) is 13.8 Å². The predicted molar refractivity (Wildman–Crippen MR) is 79.6 cm³/mol. The van der Waals surface area contributed by atoms with Crippen molar-refractivity contribution in [1.29, 1.82) is 0 Å². The van der Waals surface area contributed by atoms with E-state index in [1.54, 1.807) is 6.33 Å². The Morgan fingerprint density at radius 1 is 1.35 bits per heavy atom. The third kappa shape index (κ3) is 3.39. The highest BCUT2D eigenvalue weighted by atomic mass is 16.2. The molecule has 2 heterocycles. The van der Waals surface area contributed by atoms with Crippen LogP contribution in [0.5, 0.6) is 0 Å². The molecule has 1 saturated heterocycles. The van der Waals surface area contributed by atoms with Crippen LogP contribution in [-0.2, 0) is 11.3 Å². The first-order chi connectivity index (χ1) is 9.49. The van der Waals surface area contributed by atoms with Gasteiger partial charge in [0.25, 0.3) is 0 Å². The van der Waals surface area contributed by atoms with Crippen molar-refractivity contribution in [2.75, 3.05) is 27.2 Å². The van der Waals surface area contributed by atoms with Crippen LogP contribution >= 0.6 is 0 Å². The number of hydrogen-bond acceptors (Lipinski definition) is 3. The minimum absolute atomic E-state index is 0.213. The Hall–Kier alpha value is -1.36. The van der Waals surface area contributed by atoms with E-state index >= 15 is 0 Å². The maximum atomic E-state index is 12.4. The van der Waals surface area contributed by atoms with E-state index in [9.17, 15) is 4.79 Å². The SMILES string of the molecule is Cc1ncn(CC(=O)N2CCC[C@@H](N(C)C)CC2)c1C. The quantitative estimate of drug-likeness (QED) is 0.840. The lowest BCUT2D eigenvalue weighted by atomic mass is 10.1. The van der Waals surface area contributed by atoms with Crippen LogP contribution in [0.4, 0.5) is 0 Å². The van der Waals surface area contributed by atoms with Crippen molar-refractivity contribution in [2.24, 2.45) is 0 Å². The minimum Gasteiger partial charge on any atom is -0.341 e. The Kier molecular flexibility index (Phi) is 4.81. The van der Waals surface area contributed by atoms with Crippen LogP contribution in [-0.4, -0.2) is 58.5 Å². The number of hydrogen-bond donors (Lipinski definition) is 0. The number of amides is 1. The summed E-state index contributed by atoms with van der Waals surface area (Å²) in [6.45, 7) is 6.16. The largest absolute Gasteiger partial charge is 0.341 e. The molecule has 1 atom stereocenters. The number of nitrogens with zero attached hydrogens (tertiary/aromatic N) is 4. The van der Waals surface area contributed by atoms with Gasteiger partial charge in [-0.3, -0.25) is 4.79 Å². The Labute approximate surface area is 121 Å². The third-order valence-corrected chi connectivity index (χ3v) is 4.43. The summed E-state index contributed by atoms with van der Waals surface area (Å²) >= 11 is 0. The average molecular weight is 278 g/mol. The predicted octanol–water partition coefficient (Wildman–Crippen LogP) is 1.44. The second-order valence-corrected chi connectivity index (χ2v) is 5.97. The molecule has 1 aliphatic rings. The number of carbonyl (C=O) groups is 1. The first kappa shape index (κ1) is 15.0. The van der Waals surface area contributed by atoms with E-state index in [-0.39, 0.29) is 5.91 Å². The summed E-state index contributed by atoms with van der Waals surface area (Å²) in [4.78, 5) is 21.0. The molecule has 1 aliphatic heterocycles. The second-order valence-electron chi connectivity index (χ2n) is 5.97. The molecule has 0 N–H and O–H groups in total. The molecule has 0 bridgehead atoms. The molecule has 0 radical (unpaired) electrons.